The van der Waals surface area contributed by atoms with Gasteiger partial charge in [0.05, 0.1) is 13.2 Å². The number of hydrogen-bond donors (Lipinski definition) is 2. The zero-order valence-electron chi connectivity index (χ0n) is 18.6. The molecule has 2 N–H and O–H groups in total. The Labute approximate surface area is 189 Å². The second-order valence-corrected chi connectivity index (χ2v) is 9.78. The van der Waals surface area contributed by atoms with E-state index in [0.717, 1.165) is 38.1 Å². The first-order valence-electron chi connectivity index (χ1n) is 10.5. The minimum atomic E-state index is -3.61. The number of methoxy groups -OCH3 is 1. The predicted molar refractivity (Wildman–Crippen MR) is 123 cm³/mol. The van der Waals surface area contributed by atoms with Crippen molar-refractivity contribution in [3.05, 3.63) is 45.2 Å². The molecular formula is C23H36N3O4S. The second-order valence-electron chi connectivity index (χ2n) is 7.87. The number of ether oxygens (including phenoxy) is 1. The number of amides is 2. The van der Waals surface area contributed by atoms with Gasteiger partial charge in [0.15, 0.2) is 0 Å². The lowest BCUT2D eigenvalue weighted by atomic mass is 9.97. The summed E-state index contributed by atoms with van der Waals surface area (Å²) in [5.74, 6) is 0.456. The van der Waals surface area contributed by atoms with Crippen molar-refractivity contribution >= 4 is 16.1 Å². The minimum Gasteiger partial charge on any atom is -0.495 e. The first kappa shape index (κ1) is 27.2. The standard InChI is InChI=1S/C21H32N3O4S.2CH2/c1-28-19-11-7-8-12-20(19)29(26,27)24-14-13-17(16-24)15-22-21(25)23-18-9-5-3-2-4-6-10-18;;/h7-8,11-12,17H,2-6,9-10,13-16H2,1H3,(H2,22,23,25);2*1H2. The first-order valence-corrected chi connectivity index (χ1v) is 12.0. The van der Waals surface area contributed by atoms with Crippen molar-refractivity contribution in [3.8, 4) is 5.75 Å². The zero-order chi connectivity index (χ0) is 20.7. The maximum Gasteiger partial charge on any atom is 0.315 e. The number of carbonyl (C=O) groups excluding carboxylic acids is 1. The summed E-state index contributed by atoms with van der Waals surface area (Å²) in [6, 6.07) is 7.61. The molecule has 31 heavy (non-hydrogen) atoms. The quantitative estimate of drug-likeness (QED) is 0.687. The molecule has 1 aromatic rings. The molecule has 0 spiro atoms. The van der Waals surface area contributed by atoms with Crippen molar-refractivity contribution in [1.82, 2.24) is 14.9 Å². The van der Waals surface area contributed by atoms with Crippen LogP contribution in [0.5, 0.6) is 5.75 Å². The monoisotopic (exact) mass is 450 g/mol. The Morgan fingerprint density at radius 2 is 1.74 bits per heavy atom. The highest BCUT2D eigenvalue weighted by Crippen LogP contribution is 2.30. The normalized spacial score (nSPS) is 20.5. The third-order valence-electron chi connectivity index (χ3n) is 5.73. The van der Waals surface area contributed by atoms with Crippen LogP contribution in [-0.2, 0) is 10.0 Å². The summed E-state index contributed by atoms with van der Waals surface area (Å²) < 4.78 is 32.6. The first-order chi connectivity index (χ1) is 14.0. The van der Waals surface area contributed by atoms with Crippen molar-refractivity contribution < 1.29 is 17.9 Å². The summed E-state index contributed by atoms with van der Waals surface area (Å²) in [6.07, 6.45) is 8.66. The summed E-state index contributed by atoms with van der Waals surface area (Å²) >= 11 is 0. The molecule has 3 rings (SSSR count). The molecule has 2 amide bonds. The average Bonchev–Trinajstić information content (AvgIpc) is 3.18. The molecular weight excluding hydrogens is 414 g/mol. The van der Waals surface area contributed by atoms with Gasteiger partial charge in [-0.2, -0.15) is 4.31 Å². The van der Waals surface area contributed by atoms with Gasteiger partial charge in [-0.25, -0.2) is 13.2 Å². The van der Waals surface area contributed by atoms with Gasteiger partial charge in [0.2, 0.25) is 10.0 Å². The van der Waals surface area contributed by atoms with Crippen LogP contribution in [0, 0.1) is 26.8 Å². The van der Waals surface area contributed by atoms with Crippen LogP contribution in [-0.4, -0.2) is 45.5 Å². The zero-order valence-corrected chi connectivity index (χ0v) is 19.4. The average molecular weight is 451 g/mol. The number of para-hydroxylation sites is 1. The number of hydrogen-bond acceptors (Lipinski definition) is 4. The van der Waals surface area contributed by atoms with E-state index >= 15 is 0 Å². The molecule has 1 saturated carbocycles. The summed E-state index contributed by atoms with van der Waals surface area (Å²) in [5.41, 5.74) is 0. The number of nitrogens with one attached hydrogen (secondary N) is 2. The van der Waals surface area contributed by atoms with Gasteiger partial charge in [-0.3, -0.25) is 0 Å². The van der Waals surface area contributed by atoms with E-state index in [0.29, 0.717) is 25.4 Å². The van der Waals surface area contributed by atoms with Crippen LogP contribution in [0.15, 0.2) is 29.2 Å². The SMILES string of the molecule is COc1ccccc1S(=O)(=O)N1CCC(CNC(=O)N[C]2CCCCCCC2)C1.[CH2].[CH2]. The van der Waals surface area contributed by atoms with Crippen LogP contribution in [0.1, 0.15) is 51.4 Å². The molecule has 173 valence electrons. The highest BCUT2D eigenvalue weighted by Gasteiger charge is 2.34. The lowest BCUT2D eigenvalue weighted by Crippen LogP contribution is -2.41. The van der Waals surface area contributed by atoms with E-state index in [2.05, 4.69) is 10.6 Å². The van der Waals surface area contributed by atoms with Gasteiger partial charge in [-0.1, -0.05) is 59.1 Å². The number of sulfonamides is 1. The molecule has 2 aliphatic rings. The smallest absolute Gasteiger partial charge is 0.315 e. The third kappa shape index (κ3) is 7.38. The molecule has 1 heterocycles. The Balaban J connectivity index is 0.00000240. The third-order valence-corrected chi connectivity index (χ3v) is 7.64. The highest BCUT2D eigenvalue weighted by molar-refractivity contribution is 7.89. The molecule has 0 bridgehead atoms. The summed E-state index contributed by atoms with van der Waals surface area (Å²) in [5, 5.41) is 5.94. The maximum absolute atomic E-state index is 13.0. The number of urea groups is 1. The molecule has 1 aromatic carbocycles. The van der Waals surface area contributed by atoms with Gasteiger partial charge >= 0.3 is 6.03 Å². The maximum atomic E-state index is 13.0. The Kier molecular flexibility index (Phi) is 11.3. The van der Waals surface area contributed by atoms with E-state index in [-0.39, 0.29) is 31.7 Å². The minimum absolute atomic E-state index is 0. The van der Waals surface area contributed by atoms with Crippen molar-refractivity contribution in [1.29, 1.82) is 0 Å². The van der Waals surface area contributed by atoms with Gasteiger partial charge < -0.3 is 15.4 Å². The van der Waals surface area contributed by atoms with Crippen LogP contribution < -0.4 is 15.4 Å². The van der Waals surface area contributed by atoms with Gasteiger partial charge in [0, 0.05) is 19.6 Å². The molecule has 1 atom stereocenters. The summed E-state index contributed by atoms with van der Waals surface area (Å²) in [7, 11) is -2.14. The van der Waals surface area contributed by atoms with E-state index < -0.39 is 10.0 Å². The van der Waals surface area contributed by atoms with Crippen molar-refractivity contribution in [3.63, 3.8) is 0 Å². The number of nitrogens with zero attached hydrogens (tertiary/aromatic N) is 1. The fourth-order valence-electron chi connectivity index (χ4n) is 4.05. The van der Waals surface area contributed by atoms with E-state index in [1.807, 2.05) is 0 Å². The fourth-order valence-corrected chi connectivity index (χ4v) is 5.74. The van der Waals surface area contributed by atoms with Gasteiger partial charge in [-0.05, 0) is 37.3 Å². The summed E-state index contributed by atoms with van der Waals surface area (Å²) in [4.78, 5) is 12.4. The largest absolute Gasteiger partial charge is 0.495 e. The van der Waals surface area contributed by atoms with Crippen LogP contribution >= 0.6 is 0 Å². The molecule has 1 saturated heterocycles. The number of carbonyl (C=O) groups is 1. The molecule has 1 aliphatic carbocycles. The van der Waals surface area contributed by atoms with E-state index in [1.54, 1.807) is 24.3 Å². The number of rotatable bonds is 6. The van der Waals surface area contributed by atoms with Crippen molar-refractivity contribution in [2.75, 3.05) is 26.7 Å². The van der Waals surface area contributed by atoms with Gasteiger partial charge in [0.25, 0.3) is 0 Å². The van der Waals surface area contributed by atoms with Crippen LogP contribution in [0.3, 0.4) is 0 Å². The Morgan fingerprint density at radius 1 is 1.10 bits per heavy atom. The molecule has 5 radical (unpaired) electrons. The number of benzene rings is 1. The lowest BCUT2D eigenvalue weighted by Gasteiger charge is -2.21. The van der Waals surface area contributed by atoms with Gasteiger partial charge in [0.1, 0.15) is 10.6 Å². The van der Waals surface area contributed by atoms with E-state index in [1.165, 1.54) is 30.7 Å². The van der Waals surface area contributed by atoms with Crippen LogP contribution in [0.2, 0.25) is 0 Å². The Bertz CT molecular complexity index is 777. The van der Waals surface area contributed by atoms with E-state index in [4.69, 9.17) is 4.74 Å². The predicted octanol–water partition coefficient (Wildman–Crippen LogP) is 3.94. The second kappa shape index (κ2) is 12.9. The topological polar surface area (TPSA) is 87.7 Å². The molecule has 1 unspecified atom stereocenters. The summed E-state index contributed by atoms with van der Waals surface area (Å²) in [6.45, 7) is 1.32. The van der Waals surface area contributed by atoms with Crippen molar-refractivity contribution in [2.24, 2.45) is 5.92 Å². The Morgan fingerprint density at radius 3 is 2.42 bits per heavy atom. The Hall–Kier alpha value is -1.80. The molecule has 8 heteroatoms. The van der Waals surface area contributed by atoms with Crippen molar-refractivity contribution in [2.45, 2.75) is 56.3 Å². The van der Waals surface area contributed by atoms with Gasteiger partial charge in [-0.15, -0.1) is 0 Å². The highest BCUT2D eigenvalue weighted by atomic mass is 32.2. The molecule has 1 aliphatic heterocycles. The molecule has 0 aromatic heterocycles. The lowest BCUT2D eigenvalue weighted by molar-refractivity contribution is 0.238. The van der Waals surface area contributed by atoms with Crippen LogP contribution in [0.4, 0.5) is 4.79 Å². The molecule has 2 fully saturated rings. The van der Waals surface area contributed by atoms with E-state index in [9.17, 15) is 13.2 Å². The van der Waals surface area contributed by atoms with Crippen LogP contribution in [0.25, 0.3) is 0 Å². The molecule has 7 nitrogen and oxygen atoms in total. The fraction of sp³-hybridized carbons (Fsp3) is 0.565.